The molecule has 5 heteroatoms. The molecule has 1 aromatic rings. The molecule has 0 aliphatic carbocycles. The van der Waals surface area contributed by atoms with Gasteiger partial charge >= 0.3 is 0 Å². The van der Waals surface area contributed by atoms with Gasteiger partial charge in [0.2, 0.25) is 0 Å². The predicted octanol–water partition coefficient (Wildman–Crippen LogP) is 3.35. The quantitative estimate of drug-likeness (QED) is 0.921. The van der Waals surface area contributed by atoms with E-state index in [0.717, 1.165) is 31.1 Å². The Kier molecular flexibility index (Phi) is 5.24. The molecule has 0 radical (unpaired) electrons. The number of hydrogen-bond donors (Lipinski definition) is 1. The average molecular weight is 325 g/mol. The highest BCUT2D eigenvalue weighted by Gasteiger charge is 2.31. The summed E-state index contributed by atoms with van der Waals surface area (Å²) in [6.45, 7) is 3.83. The predicted molar refractivity (Wildman–Crippen MR) is 92.0 cm³/mol. The highest BCUT2D eigenvalue weighted by atomic mass is 32.2. The Labute approximate surface area is 135 Å². The largest absolute Gasteiger partial charge is 0.490 e. The van der Waals surface area contributed by atoms with E-state index in [1.807, 2.05) is 0 Å². The first-order valence-corrected chi connectivity index (χ1v) is 9.69. The lowest BCUT2D eigenvalue weighted by atomic mass is 10.0. The fourth-order valence-corrected chi connectivity index (χ4v) is 5.90. The molecule has 116 valence electrons. The van der Waals surface area contributed by atoms with Gasteiger partial charge in [0, 0.05) is 34.5 Å². The van der Waals surface area contributed by atoms with Crippen LogP contribution in [0, 0.1) is 0 Å². The number of hydrogen-bond acceptors (Lipinski definition) is 5. The Morgan fingerprint density at radius 2 is 1.90 bits per heavy atom. The van der Waals surface area contributed by atoms with Crippen LogP contribution in [-0.4, -0.2) is 42.3 Å². The molecule has 1 fully saturated rings. The molecule has 0 aromatic heterocycles. The maximum atomic E-state index is 5.83. The first-order valence-electron chi connectivity index (χ1n) is 7.59. The first kappa shape index (κ1) is 15.4. The van der Waals surface area contributed by atoms with E-state index >= 15 is 0 Å². The minimum absolute atomic E-state index is 0.356. The molecular formula is C16H23NO2S2. The summed E-state index contributed by atoms with van der Waals surface area (Å²) in [5, 5.41) is 4.77. The molecule has 0 amide bonds. The van der Waals surface area contributed by atoms with E-state index < -0.39 is 0 Å². The van der Waals surface area contributed by atoms with Gasteiger partial charge in [0.15, 0.2) is 11.5 Å². The molecule has 0 saturated carbocycles. The number of ether oxygens (including phenoxy) is 2. The third-order valence-electron chi connectivity index (χ3n) is 4.01. The highest BCUT2D eigenvalue weighted by Crippen LogP contribution is 2.40. The smallest absolute Gasteiger partial charge is 0.161 e. The van der Waals surface area contributed by atoms with Crippen LogP contribution in [0.1, 0.15) is 24.9 Å². The third kappa shape index (κ3) is 3.46. The van der Waals surface area contributed by atoms with Gasteiger partial charge in [0.25, 0.3) is 0 Å². The van der Waals surface area contributed by atoms with E-state index in [9.17, 15) is 0 Å². The number of fused-ring (bicyclic) bond motifs is 1. The van der Waals surface area contributed by atoms with E-state index in [2.05, 4.69) is 61.0 Å². The Morgan fingerprint density at radius 1 is 1.14 bits per heavy atom. The van der Waals surface area contributed by atoms with Crippen LogP contribution < -0.4 is 14.8 Å². The normalized spacial score (nSPS) is 27.0. The summed E-state index contributed by atoms with van der Waals surface area (Å²) >= 11 is 4.16. The molecule has 0 bridgehead atoms. The van der Waals surface area contributed by atoms with Crippen molar-refractivity contribution < 1.29 is 9.47 Å². The van der Waals surface area contributed by atoms with Crippen LogP contribution in [0.2, 0.25) is 0 Å². The molecule has 3 atom stereocenters. The van der Waals surface area contributed by atoms with Crippen LogP contribution in [0.15, 0.2) is 18.2 Å². The summed E-state index contributed by atoms with van der Waals surface area (Å²) in [7, 11) is 2.06. The Balaban J connectivity index is 1.85. The molecule has 2 aliphatic heterocycles. The van der Waals surface area contributed by atoms with Gasteiger partial charge in [-0.2, -0.15) is 23.5 Å². The molecule has 1 N–H and O–H groups in total. The van der Waals surface area contributed by atoms with Gasteiger partial charge in [-0.25, -0.2) is 0 Å². The zero-order valence-corrected chi connectivity index (χ0v) is 14.3. The molecule has 21 heavy (non-hydrogen) atoms. The molecule has 1 saturated heterocycles. The van der Waals surface area contributed by atoms with Crippen molar-refractivity contribution in [3.8, 4) is 11.5 Å². The van der Waals surface area contributed by atoms with Crippen molar-refractivity contribution in [1.29, 1.82) is 0 Å². The topological polar surface area (TPSA) is 30.5 Å². The van der Waals surface area contributed by atoms with Crippen molar-refractivity contribution in [2.24, 2.45) is 0 Å². The van der Waals surface area contributed by atoms with Crippen LogP contribution in [0.5, 0.6) is 11.5 Å². The fourth-order valence-electron chi connectivity index (χ4n) is 2.91. The average Bonchev–Trinajstić information content (AvgIpc) is 2.75. The molecule has 1 aromatic carbocycles. The number of nitrogens with one attached hydrogen (secondary N) is 1. The van der Waals surface area contributed by atoms with Crippen molar-refractivity contribution in [3.63, 3.8) is 0 Å². The first-order chi connectivity index (χ1) is 10.3. The van der Waals surface area contributed by atoms with Crippen LogP contribution in [0.4, 0.5) is 0 Å². The van der Waals surface area contributed by atoms with Gasteiger partial charge in [-0.05, 0) is 24.7 Å². The summed E-state index contributed by atoms with van der Waals surface area (Å²) in [4.78, 5) is 0. The minimum atomic E-state index is 0.356. The number of rotatable bonds is 3. The standard InChI is InChI=1S/C16H23NO2S2/c1-11-16(21-9-8-20-11)15(17-2)12-4-5-13-14(10-12)19-7-3-6-18-13/h4-5,10-11,15-17H,3,6-9H2,1-2H3. The summed E-state index contributed by atoms with van der Waals surface area (Å²) < 4.78 is 11.6. The molecule has 2 heterocycles. The lowest BCUT2D eigenvalue weighted by Crippen LogP contribution is -2.36. The summed E-state index contributed by atoms with van der Waals surface area (Å²) in [5.74, 6) is 4.28. The minimum Gasteiger partial charge on any atom is -0.490 e. The molecule has 3 nitrogen and oxygen atoms in total. The van der Waals surface area contributed by atoms with Crippen LogP contribution in [0.25, 0.3) is 0 Å². The van der Waals surface area contributed by atoms with Crippen molar-refractivity contribution in [1.82, 2.24) is 5.32 Å². The molecule has 0 spiro atoms. The maximum Gasteiger partial charge on any atom is 0.161 e. The Hall–Kier alpha value is -0.520. The summed E-state index contributed by atoms with van der Waals surface area (Å²) in [6, 6.07) is 6.76. The van der Waals surface area contributed by atoms with E-state index in [1.54, 1.807) is 0 Å². The van der Waals surface area contributed by atoms with Gasteiger partial charge < -0.3 is 14.8 Å². The lowest BCUT2D eigenvalue weighted by molar-refractivity contribution is 0.297. The number of benzene rings is 1. The van der Waals surface area contributed by atoms with E-state index in [-0.39, 0.29) is 0 Å². The number of thioether (sulfide) groups is 2. The van der Waals surface area contributed by atoms with Crippen LogP contribution in [0.3, 0.4) is 0 Å². The Bertz CT molecular complexity index is 483. The van der Waals surface area contributed by atoms with Crippen LogP contribution in [-0.2, 0) is 0 Å². The second-order valence-electron chi connectivity index (χ2n) is 5.43. The van der Waals surface area contributed by atoms with Crippen molar-refractivity contribution >= 4 is 23.5 Å². The molecular weight excluding hydrogens is 302 g/mol. The maximum absolute atomic E-state index is 5.83. The SMILES string of the molecule is CNC(c1ccc2c(c1)OCCCO2)C1SCCSC1C. The van der Waals surface area contributed by atoms with Gasteiger partial charge in [-0.3, -0.25) is 0 Å². The zero-order valence-electron chi connectivity index (χ0n) is 12.6. The van der Waals surface area contributed by atoms with Crippen molar-refractivity contribution in [2.45, 2.75) is 29.9 Å². The van der Waals surface area contributed by atoms with E-state index in [0.29, 0.717) is 16.5 Å². The summed E-state index contributed by atoms with van der Waals surface area (Å²) in [5.41, 5.74) is 1.30. The second kappa shape index (κ2) is 7.16. The molecule has 2 aliphatic rings. The van der Waals surface area contributed by atoms with Gasteiger partial charge in [0.1, 0.15) is 0 Å². The summed E-state index contributed by atoms with van der Waals surface area (Å²) in [6.07, 6.45) is 0.950. The van der Waals surface area contributed by atoms with Gasteiger partial charge in [-0.1, -0.05) is 13.0 Å². The van der Waals surface area contributed by atoms with Crippen LogP contribution >= 0.6 is 23.5 Å². The van der Waals surface area contributed by atoms with E-state index in [4.69, 9.17) is 9.47 Å². The van der Waals surface area contributed by atoms with Crippen molar-refractivity contribution in [2.75, 3.05) is 31.8 Å². The monoisotopic (exact) mass is 325 g/mol. The fraction of sp³-hybridized carbons (Fsp3) is 0.625. The molecule has 3 unspecified atom stereocenters. The second-order valence-corrected chi connectivity index (χ2v) is 8.21. The van der Waals surface area contributed by atoms with Crippen molar-refractivity contribution in [3.05, 3.63) is 23.8 Å². The van der Waals surface area contributed by atoms with Gasteiger partial charge in [-0.15, -0.1) is 0 Å². The third-order valence-corrected chi connectivity index (χ3v) is 7.20. The highest BCUT2D eigenvalue weighted by molar-refractivity contribution is 8.07. The Morgan fingerprint density at radius 3 is 2.67 bits per heavy atom. The van der Waals surface area contributed by atoms with Gasteiger partial charge in [0.05, 0.1) is 13.2 Å². The lowest BCUT2D eigenvalue weighted by Gasteiger charge is -2.34. The molecule has 3 rings (SSSR count). The zero-order chi connectivity index (χ0) is 14.7. The van der Waals surface area contributed by atoms with E-state index in [1.165, 1.54) is 17.1 Å².